The molecule has 20 heavy (non-hydrogen) atoms. The molecule has 0 spiro atoms. The van der Waals surface area contributed by atoms with Crippen molar-refractivity contribution in [1.29, 1.82) is 0 Å². The lowest BCUT2D eigenvalue weighted by Crippen LogP contribution is -2.07. The minimum Gasteiger partial charge on any atom is -0.385 e. The van der Waals surface area contributed by atoms with Crippen LogP contribution < -0.4 is 5.32 Å². The molecule has 0 radical (unpaired) electrons. The van der Waals surface area contributed by atoms with Gasteiger partial charge in [0.2, 0.25) is 0 Å². The molecule has 2 rings (SSSR count). The molecule has 1 aromatic carbocycles. The van der Waals surface area contributed by atoms with Gasteiger partial charge in [0, 0.05) is 30.5 Å². The van der Waals surface area contributed by atoms with Gasteiger partial charge in [0.05, 0.1) is 17.0 Å². The van der Waals surface area contributed by atoms with Gasteiger partial charge < -0.3 is 10.3 Å². The van der Waals surface area contributed by atoms with Crippen molar-refractivity contribution in [1.82, 2.24) is 9.97 Å². The fraction of sp³-hybridized carbons (Fsp3) is 0.357. The van der Waals surface area contributed by atoms with Crippen LogP contribution in [0.1, 0.15) is 19.0 Å². The number of rotatable bonds is 7. The van der Waals surface area contributed by atoms with Crippen LogP contribution in [0, 0.1) is 0 Å². The number of aromatic amines is 1. The molecule has 0 amide bonds. The van der Waals surface area contributed by atoms with E-state index in [1.54, 1.807) is 36.8 Å². The zero-order chi connectivity index (χ0) is 14.4. The minimum absolute atomic E-state index is 0.194. The first-order valence-electron chi connectivity index (χ1n) is 6.66. The predicted octanol–water partition coefficient (Wildman–Crippen LogP) is 2.25. The summed E-state index contributed by atoms with van der Waals surface area (Å²) in [5, 5.41) is 3.25. The van der Waals surface area contributed by atoms with Crippen molar-refractivity contribution in [2.45, 2.75) is 24.7 Å². The molecule has 1 heterocycles. The van der Waals surface area contributed by atoms with E-state index in [0.717, 1.165) is 24.3 Å². The predicted molar refractivity (Wildman–Crippen MR) is 79.6 cm³/mol. The summed E-state index contributed by atoms with van der Waals surface area (Å²) >= 11 is 0. The number of hydrogen-bond donors (Lipinski definition) is 2. The molecule has 2 aromatic rings. The largest absolute Gasteiger partial charge is 0.385 e. The number of benzene rings is 1. The van der Waals surface area contributed by atoms with Crippen LogP contribution in [0.4, 0.5) is 5.69 Å². The fourth-order valence-electron chi connectivity index (χ4n) is 1.93. The highest BCUT2D eigenvalue weighted by molar-refractivity contribution is 7.91. The van der Waals surface area contributed by atoms with Crippen LogP contribution in [-0.4, -0.2) is 30.7 Å². The molecule has 5 nitrogen and oxygen atoms in total. The van der Waals surface area contributed by atoms with E-state index in [2.05, 4.69) is 15.3 Å². The Labute approximate surface area is 119 Å². The number of H-pyrrole nitrogens is 1. The second-order valence-corrected chi connectivity index (χ2v) is 6.71. The molecule has 0 saturated heterocycles. The second-order valence-electron chi connectivity index (χ2n) is 4.60. The quantitative estimate of drug-likeness (QED) is 0.821. The molecule has 1 aromatic heterocycles. The van der Waals surface area contributed by atoms with Crippen LogP contribution in [0.25, 0.3) is 0 Å². The number of aromatic nitrogens is 2. The van der Waals surface area contributed by atoms with Gasteiger partial charge in [-0.05, 0) is 30.7 Å². The summed E-state index contributed by atoms with van der Waals surface area (Å²) in [5.74, 6) is 0.194. The van der Waals surface area contributed by atoms with Crippen LogP contribution in [0.15, 0.2) is 41.7 Å². The Kier molecular flexibility index (Phi) is 4.79. The third kappa shape index (κ3) is 3.84. The van der Waals surface area contributed by atoms with Gasteiger partial charge in [-0.25, -0.2) is 13.4 Å². The summed E-state index contributed by atoms with van der Waals surface area (Å²) in [6.07, 6.45) is 4.92. The highest BCUT2D eigenvalue weighted by Gasteiger charge is 2.12. The molecule has 108 valence electrons. The fourth-order valence-corrected chi connectivity index (χ4v) is 3.25. The lowest BCUT2D eigenvalue weighted by molar-refractivity contribution is 0.595. The third-order valence-electron chi connectivity index (χ3n) is 2.96. The molecule has 0 bridgehead atoms. The van der Waals surface area contributed by atoms with Gasteiger partial charge in [0.25, 0.3) is 0 Å². The molecular weight excluding hydrogens is 274 g/mol. The first-order chi connectivity index (χ1) is 9.62. The molecular formula is C14H19N3O2S. The number of hydrogen-bond acceptors (Lipinski definition) is 4. The Morgan fingerprint density at radius 2 is 2.00 bits per heavy atom. The summed E-state index contributed by atoms with van der Waals surface area (Å²) in [7, 11) is -3.12. The highest BCUT2D eigenvalue weighted by atomic mass is 32.2. The Bertz CT molecular complexity index is 619. The molecule has 0 unspecified atom stereocenters. The molecule has 0 aliphatic carbocycles. The first kappa shape index (κ1) is 14.6. The third-order valence-corrected chi connectivity index (χ3v) is 4.90. The van der Waals surface area contributed by atoms with Crippen molar-refractivity contribution < 1.29 is 8.42 Å². The summed E-state index contributed by atoms with van der Waals surface area (Å²) in [6.45, 7) is 2.63. The summed E-state index contributed by atoms with van der Waals surface area (Å²) in [6, 6.07) is 6.91. The van der Waals surface area contributed by atoms with Crippen molar-refractivity contribution >= 4 is 15.5 Å². The van der Waals surface area contributed by atoms with Crippen molar-refractivity contribution in [2.24, 2.45) is 0 Å². The molecule has 0 fully saturated rings. The van der Waals surface area contributed by atoms with Gasteiger partial charge in [0.1, 0.15) is 0 Å². The number of sulfone groups is 1. The number of nitrogens with one attached hydrogen (secondary N) is 2. The van der Waals surface area contributed by atoms with Crippen LogP contribution in [0.5, 0.6) is 0 Å². The van der Waals surface area contributed by atoms with E-state index in [1.165, 1.54) is 0 Å². The molecule has 6 heteroatoms. The number of anilines is 1. The lowest BCUT2D eigenvalue weighted by atomic mass is 10.3. The van der Waals surface area contributed by atoms with E-state index < -0.39 is 9.84 Å². The Hall–Kier alpha value is -1.82. The lowest BCUT2D eigenvalue weighted by Gasteiger charge is -2.07. The van der Waals surface area contributed by atoms with Gasteiger partial charge in [-0.15, -0.1) is 0 Å². The monoisotopic (exact) mass is 293 g/mol. The van der Waals surface area contributed by atoms with Crippen LogP contribution in [0.3, 0.4) is 0 Å². The number of imidazole rings is 1. The zero-order valence-electron chi connectivity index (χ0n) is 11.5. The molecule has 2 N–H and O–H groups in total. The van der Waals surface area contributed by atoms with E-state index in [4.69, 9.17) is 0 Å². The normalized spacial score (nSPS) is 11.4. The van der Waals surface area contributed by atoms with Crippen molar-refractivity contribution in [3.05, 3.63) is 42.5 Å². The first-order valence-corrected chi connectivity index (χ1v) is 8.31. The SMILES string of the molecule is CCCS(=O)(=O)c1ccc(NCCc2cnc[nH]2)cc1. The summed E-state index contributed by atoms with van der Waals surface area (Å²) in [4.78, 5) is 7.38. The maximum absolute atomic E-state index is 11.9. The maximum atomic E-state index is 11.9. The Morgan fingerprint density at radius 3 is 2.60 bits per heavy atom. The van der Waals surface area contributed by atoms with Gasteiger partial charge in [-0.3, -0.25) is 0 Å². The maximum Gasteiger partial charge on any atom is 0.178 e. The summed E-state index contributed by atoms with van der Waals surface area (Å²) < 4.78 is 23.8. The number of nitrogens with zero attached hydrogens (tertiary/aromatic N) is 1. The average molecular weight is 293 g/mol. The van der Waals surface area contributed by atoms with E-state index in [9.17, 15) is 8.42 Å². The van der Waals surface area contributed by atoms with Gasteiger partial charge >= 0.3 is 0 Å². The van der Waals surface area contributed by atoms with Crippen molar-refractivity contribution in [3.8, 4) is 0 Å². The van der Waals surface area contributed by atoms with Gasteiger partial charge in [-0.2, -0.15) is 0 Å². The van der Waals surface area contributed by atoms with E-state index in [0.29, 0.717) is 11.3 Å². The van der Waals surface area contributed by atoms with Crippen molar-refractivity contribution in [2.75, 3.05) is 17.6 Å². The highest BCUT2D eigenvalue weighted by Crippen LogP contribution is 2.16. The smallest absolute Gasteiger partial charge is 0.178 e. The Balaban J connectivity index is 1.91. The van der Waals surface area contributed by atoms with Crippen LogP contribution in [-0.2, 0) is 16.3 Å². The standard InChI is InChI=1S/C14H19N3O2S/c1-2-9-20(18,19)14-5-3-12(4-6-14)16-8-7-13-10-15-11-17-13/h3-6,10-11,16H,2,7-9H2,1H3,(H,15,17). The van der Waals surface area contributed by atoms with Gasteiger partial charge in [-0.1, -0.05) is 6.92 Å². The van der Waals surface area contributed by atoms with Crippen LogP contribution in [0.2, 0.25) is 0 Å². The zero-order valence-corrected chi connectivity index (χ0v) is 12.3. The van der Waals surface area contributed by atoms with E-state index in [1.807, 2.05) is 6.92 Å². The molecule has 0 aliphatic heterocycles. The average Bonchev–Trinajstić information content (AvgIpc) is 2.92. The Morgan fingerprint density at radius 1 is 1.25 bits per heavy atom. The molecule has 0 aliphatic rings. The van der Waals surface area contributed by atoms with Crippen molar-refractivity contribution in [3.63, 3.8) is 0 Å². The van der Waals surface area contributed by atoms with Gasteiger partial charge in [0.15, 0.2) is 9.84 Å². The van der Waals surface area contributed by atoms with E-state index >= 15 is 0 Å². The topological polar surface area (TPSA) is 74.8 Å². The van der Waals surface area contributed by atoms with E-state index in [-0.39, 0.29) is 5.75 Å². The molecule has 0 saturated carbocycles. The second kappa shape index (κ2) is 6.56. The molecule has 0 atom stereocenters. The minimum atomic E-state index is -3.12. The van der Waals surface area contributed by atoms with Crippen LogP contribution >= 0.6 is 0 Å². The summed E-state index contributed by atoms with van der Waals surface area (Å²) in [5.41, 5.74) is 1.99.